The number of rotatable bonds is 8. The van der Waals surface area contributed by atoms with Crippen molar-refractivity contribution in [3.8, 4) is 0 Å². The van der Waals surface area contributed by atoms with E-state index in [2.05, 4.69) is 10.0 Å². The van der Waals surface area contributed by atoms with E-state index in [4.69, 9.17) is 4.74 Å². The Hall–Kier alpha value is -2.58. The molecule has 0 unspecified atom stereocenters. The van der Waals surface area contributed by atoms with Crippen molar-refractivity contribution in [2.45, 2.75) is 4.90 Å². The van der Waals surface area contributed by atoms with Crippen LogP contribution in [0.2, 0.25) is 0 Å². The highest BCUT2D eigenvalue weighted by atomic mass is 32.2. The Kier molecular flexibility index (Phi) is 5.78. The fraction of sp³-hybridized carbons (Fsp3) is 0.188. The van der Waals surface area contributed by atoms with Gasteiger partial charge in [-0.2, -0.15) is 0 Å². The summed E-state index contributed by atoms with van der Waals surface area (Å²) in [4.78, 5) is 11.3. The van der Waals surface area contributed by atoms with Gasteiger partial charge in [-0.05, 0) is 30.3 Å². The van der Waals surface area contributed by atoms with Crippen molar-refractivity contribution in [1.82, 2.24) is 0 Å². The van der Waals surface area contributed by atoms with E-state index in [0.29, 0.717) is 24.5 Å². The number of methoxy groups -OCH3 is 1. The Morgan fingerprint density at radius 2 is 1.88 bits per heavy atom. The molecule has 0 spiro atoms. The van der Waals surface area contributed by atoms with Gasteiger partial charge in [0.25, 0.3) is 10.0 Å². The number of benzene rings is 2. The number of carboxylic acids is 1. The van der Waals surface area contributed by atoms with E-state index in [1.165, 1.54) is 19.2 Å². The predicted octanol–water partition coefficient (Wildman–Crippen LogP) is 2.24. The number of sulfonamides is 1. The smallest absolute Gasteiger partial charge is 0.337 e. The maximum Gasteiger partial charge on any atom is 0.337 e. The van der Waals surface area contributed by atoms with Gasteiger partial charge in [0.2, 0.25) is 0 Å². The molecule has 7 nitrogen and oxygen atoms in total. The molecule has 0 saturated carbocycles. The average Bonchev–Trinajstić information content (AvgIpc) is 2.55. The lowest BCUT2D eigenvalue weighted by Gasteiger charge is -2.12. The van der Waals surface area contributed by atoms with Crippen LogP contribution in [-0.4, -0.2) is 39.8 Å². The molecule has 0 radical (unpaired) electrons. The molecule has 2 aromatic carbocycles. The van der Waals surface area contributed by atoms with Crippen LogP contribution in [0.25, 0.3) is 0 Å². The molecule has 0 atom stereocenters. The van der Waals surface area contributed by atoms with Crippen molar-refractivity contribution in [2.24, 2.45) is 0 Å². The Morgan fingerprint density at radius 1 is 1.17 bits per heavy atom. The highest BCUT2D eigenvalue weighted by Crippen LogP contribution is 2.22. The van der Waals surface area contributed by atoms with Crippen LogP contribution in [0, 0.1) is 0 Å². The molecule has 2 rings (SSSR count). The lowest BCUT2D eigenvalue weighted by atomic mass is 10.2. The van der Waals surface area contributed by atoms with Gasteiger partial charge < -0.3 is 15.2 Å². The van der Waals surface area contributed by atoms with E-state index in [-0.39, 0.29) is 10.5 Å². The summed E-state index contributed by atoms with van der Waals surface area (Å²) in [6, 6.07) is 12.3. The molecule has 0 heterocycles. The first kappa shape index (κ1) is 17.8. The van der Waals surface area contributed by atoms with Crippen molar-refractivity contribution in [3.63, 3.8) is 0 Å². The number of anilines is 2. The van der Waals surface area contributed by atoms with Crippen LogP contribution in [-0.2, 0) is 14.8 Å². The molecule has 2 aromatic rings. The summed E-state index contributed by atoms with van der Waals surface area (Å²) < 4.78 is 32.1. The van der Waals surface area contributed by atoms with E-state index >= 15 is 0 Å². The largest absolute Gasteiger partial charge is 0.478 e. The van der Waals surface area contributed by atoms with Crippen molar-refractivity contribution in [3.05, 3.63) is 54.1 Å². The van der Waals surface area contributed by atoms with Gasteiger partial charge in [0.15, 0.2) is 0 Å². The lowest BCUT2D eigenvalue weighted by Crippen LogP contribution is -2.15. The third kappa shape index (κ3) is 4.46. The topological polar surface area (TPSA) is 105 Å². The number of para-hydroxylation sites is 1. The normalized spacial score (nSPS) is 11.0. The quantitative estimate of drug-likeness (QED) is 0.631. The van der Waals surface area contributed by atoms with Crippen LogP contribution in [0.5, 0.6) is 0 Å². The molecule has 0 aliphatic rings. The molecule has 0 aliphatic carbocycles. The molecule has 0 amide bonds. The van der Waals surface area contributed by atoms with Crippen LogP contribution < -0.4 is 10.0 Å². The van der Waals surface area contributed by atoms with Gasteiger partial charge in [-0.3, -0.25) is 4.72 Å². The number of ether oxygens (including phenoxy) is 1. The van der Waals surface area contributed by atoms with Gasteiger partial charge >= 0.3 is 5.97 Å². The number of carboxylic acid groups (broad SMARTS) is 1. The van der Waals surface area contributed by atoms with Crippen LogP contribution in [0.1, 0.15) is 10.4 Å². The van der Waals surface area contributed by atoms with E-state index in [0.717, 1.165) is 6.07 Å². The number of hydrogen-bond donors (Lipinski definition) is 3. The number of nitrogens with one attached hydrogen (secondary N) is 2. The molecule has 0 fully saturated rings. The average molecular weight is 350 g/mol. The molecule has 24 heavy (non-hydrogen) atoms. The van der Waals surface area contributed by atoms with Crippen molar-refractivity contribution in [2.75, 3.05) is 30.3 Å². The summed E-state index contributed by atoms with van der Waals surface area (Å²) >= 11 is 0. The molecule has 8 heteroatoms. The summed E-state index contributed by atoms with van der Waals surface area (Å²) in [6.45, 7) is 0.805. The Labute approximate surface area is 140 Å². The third-order valence-corrected chi connectivity index (χ3v) is 4.56. The standard InChI is InChI=1S/C16H18N2O5S/c1-23-10-9-17-15-8-7-13(11-14(15)16(19)20)24(21,22)18-12-5-3-2-4-6-12/h2-8,11,17-18H,9-10H2,1H3,(H,19,20). The summed E-state index contributed by atoms with van der Waals surface area (Å²) in [6.07, 6.45) is 0. The van der Waals surface area contributed by atoms with Gasteiger partial charge in [0.1, 0.15) is 0 Å². The van der Waals surface area contributed by atoms with Gasteiger partial charge in [-0.25, -0.2) is 13.2 Å². The lowest BCUT2D eigenvalue weighted by molar-refractivity contribution is 0.0697. The van der Waals surface area contributed by atoms with Crippen molar-refractivity contribution < 1.29 is 23.1 Å². The number of carbonyl (C=O) groups is 1. The first-order valence-corrected chi connectivity index (χ1v) is 8.60. The SMILES string of the molecule is COCCNc1ccc(S(=O)(=O)Nc2ccccc2)cc1C(=O)O. The highest BCUT2D eigenvalue weighted by Gasteiger charge is 2.19. The van der Waals surface area contributed by atoms with Gasteiger partial charge in [0, 0.05) is 25.0 Å². The van der Waals surface area contributed by atoms with Gasteiger partial charge in [-0.15, -0.1) is 0 Å². The molecule has 3 N–H and O–H groups in total. The van der Waals surface area contributed by atoms with Crippen LogP contribution >= 0.6 is 0 Å². The molecular weight excluding hydrogens is 332 g/mol. The van der Waals surface area contributed by atoms with Crippen molar-refractivity contribution in [1.29, 1.82) is 0 Å². The van der Waals surface area contributed by atoms with Crippen molar-refractivity contribution >= 4 is 27.4 Å². The number of hydrogen-bond acceptors (Lipinski definition) is 5. The van der Waals surface area contributed by atoms with E-state index in [1.807, 2.05) is 0 Å². The predicted molar refractivity (Wildman–Crippen MR) is 91.0 cm³/mol. The summed E-state index contributed by atoms with van der Waals surface area (Å²) in [5.74, 6) is -1.22. The zero-order chi connectivity index (χ0) is 17.6. The van der Waals surface area contributed by atoms with Gasteiger partial charge in [0.05, 0.1) is 17.1 Å². The first-order valence-electron chi connectivity index (χ1n) is 7.12. The number of aromatic carboxylic acids is 1. The second kappa shape index (κ2) is 7.80. The molecule has 0 aliphatic heterocycles. The fourth-order valence-corrected chi connectivity index (χ4v) is 3.11. The summed E-state index contributed by atoms with van der Waals surface area (Å²) in [5.41, 5.74) is 0.608. The Bertz CT molecular complexity index is 806. The minimum Gasteiger partial charge on any atom is -0.478 e. The highest BCUT2D eigenvalue weighted by molar-refractivity contribution is 7.92. The molecular formula is C16H18N2O5S. The molecule has 0 bridgehead atoms. The summed E-state index contributed by atoms with van der Waals surface area (Å²) in [5, 5.41) is 12.2. The van der Waals surface area contributed by atoms with Gasteiger partial charge in [-0.1, -0.05) is 18.2 Å². The maximum atomic E-state index is 12.4. The van der Waals surface area contributed by atoms with E-state index in [1.54, 1.807) is 30.3 Å². The zero-order valence-corrected chi connectivity index (χ0v) is 13.8. The Morgan fingerprint density at radius 3 is 2.50 bits per heavy atom. The second-order valence-electron chi connectivity index (χ2n) is 4.90. The van der Waals surface area contributed by atoms with E-state index < -0.39 is 16.0 Å². The second-order valence-corrected chi connectivity index (χ2v) is 6.59. The maximum absolute atomic E-state index is 12.4. The van der Waals surface area contributed by atoms with Crippen LogP contribution in [0.15, 0.2) is 53.4 Å². The zero-order valence-electron chi connectivity index (χ0n) is 13.0. The van der Waals surface area contributed by atoms with E-state index in [9.17, 15) is 18.3 Å². The monoisotopic (exact) mass is 350 g/mol. The molecule has 0 aromatic heterocycles. The van der Waals surface area contributed by atoms with Crippen LogP contribution in [0.4, 0.5) is 11.4 Å². The molecule has 128 valence electrons. The minimum atomic E-state index is -3.88. The van der Waals surface area contributed by atoms with Crippen LogP contribution in [0.3, 0.4) is 0 Å². The molecule has 0 saturated heterocycles. The first-order chi connectivity index (χ1) is 11.4. The summed E-state index contributed by atoms with van der Waals surface area (Å²) in [7, 11) is -2.34. The fourth-order valence-electron chi connectivity index (χ4n) is 2.03. The Balaban J connectivity index is 2.30. The minimum absolute atomic E-state index is 0.123. The third-order valence-electron chi connectivity index (χ3n) is 3.18.